The van der Waals surface area contributed by atoms with Crippen LogP contribution in [0.1, 0.15) is 117 Å². The zero-order valence-electron chi connectivity index (χ0n) is 30.4. The average Bonchev–Trinajstić information content (AvgIpc) is 2.86. The molecule has 0 saturated heterocycles. The number of hydrogen-bond acceptors (Lipinski definition) is 7. The van der Waals surface area contributed by atoms with Crippen LogP contribution < -0.4 is 0 Å². The van der Waals surface area contributed by atoms with Crippen molar-refractivity contribution in [2.24, 2.45) is 0 Å². The van der Waals surface area contributed by atoms with Gasteiger partial charge in [-0.15, -0.1) is 0 Å². The van der Waals surface area contributed by atoms with Gasteiger partial charge >= 0.3 is 14.5 Å². The third-order valence-corrected chi connectivity index (χ3v) is 24.5. The summed E-state index contributed by atoms with van der Waals surface area (Å²) in [5.41, 5.74) is 1.61. The van der Waals surface area contributed by atoms with E-state index in [4.69, 9.17) is 17.7 Å². The molecule has 0 heterocycles. The Bertz CT molecular complexity index is 754. The fraction of sp³-hybridized carbons (Fsp3) is 0.938. The van der Waals surface area contributed by atoms with Crippen LogP contribution in [0.25, 0.3) is 0 Å². The number of carbonyl (C=O) groups is 2. The standard InChI is InChI=1S/C32H69NO6Si3/c1-17-33(21-20-22-40(16,36-18-2)37-19-3)30(32(35)39-42(27(10)11,28(12)13)29(14)15)23-31(34)38-41(24(4)5,25(6)7)26(8)9/h24-30H,17-23H2,1-16H3. The van der Waals surface area contributed by atoms with Crippen molar-refractivity contribution in [3.8, 4) is 0 Å². The SMILES string of the molecule is CCO[Si](C)(CCCN(CC)C(CC(=O)O[Si](C(C)C)(C(C)C)C(C)C)C(=O)O[Si](C(C)C)(C(C)C)C(C)C)OCC. The molecule has 0 aliphatic carbocycles. The van der Waals surface area contributed by atoms with Crippen molar-refractivity contribution in [1.82, 2.24) is 4.90 Å². The van der Waals surface area contributed by atoms with Crippen LogP contribution in [0.2, 0.25) is 45.8 Å². The van der Waals surface area contributed by atoms with Crippen molar-refractivity contribution in [1.29, 1.82) is 0 Å². The average molecular weight is 648 g/mol. The van der Waals surface area contributed by atoms with E-state index in [-0.39, 0.29) is 51.6 Å². The van der Waals surface area contributed by atoms with Crippen LogP contribution in [0.15, 0.2) is 0 Å². The molecule has 0 rings (SSSR count). The first kappa shape index (κ1) is 41.5. The monoisotopic (exact) mass is 647 g/mol. The van der Waals surface area contributed by atoms with E-state index in [1.807, 2.05) is 13.8 Å². The molecule has 250 valence electrons. The Kier molecular flexibility index (Phi) is 18.2. The molecule has 10 heteroatoms. The van der Waals surface area contributed by atoms with Crippen molar-refractivity contribution >= 4 is 37.1 Å². The van der Waals surface area contributed by atoms with Gasteiger partial charge in [-0.1, -0.05) is 90.0 Å². The van der Waals surface area contributed by atoms with Crippen LogP contribution in [0.4, 0.5) is 0 Å². The van der Waals surface area contributed by atoms with Gasteiger partial charge < -0.3 is 17.7 Å². The summed E-state index contributed by atoms with van der Waals surface area (Å²) in [5, 5.41) is 0. The summed E-state index contributed by atoms with van der Waals surface area (Å²) in [6.45, 7) is 36.9. The minimum atomic E-state index is -2.50. The molecule has 1 atom stereocenters. The lowest BCUT2D eigenvalue weighted by Gasteiger charge is -2.43. The molecule has 0 aliphatic rings. The highest BCUT2D eigenvalue weighted by Gasteiger charge is 2.51. The van der Waals surface area contributed by atoms with Gasteiger partial charge in [0.05, 0.1) is 6.42 Å². The molecule has 0 radical (unpaired) electrons. The Labute approximate surface area is 263 Å². The Hall–Kier alpha value is -0.529. The molecule has 0 saturated carbocycles. The maximum absolute atomic E-state index is 14.3. The van der Waals surface area contributed by atoms with Gasteiger partial charge in [0.2, 0.25) is 0 Å². The fourth-order valence-corrected chi connectivity index (χ4v) is 20.4. The van der Waals surface area contributed by atoms with E-state index in [1.165, 1.54) is 0 Å². The van der Waals surface area contributed by atoms with Crippen LogP contribution in [0, 0.1) is 0 Å². The van der Waals surface area contributed by atoms with Crippen molar-refractivity contribution in [3.05, 3.63) is 0 Å². The Balaban J connectivity index is 6.45. The summed E-state index contributed by atoms with van der Waals surface area (Å²) in [6.07, 6.45) is 0.830. The van der Waals surface area contributed by atoms with Crippen LogP contribution in [0.5, 0.6) is 0 Å². The molecule has 0 aromatic carbocycles. The van der Waals surface area contributed by atoms with Gasteiger partial charge in [-0.25, -0.2) is 0 Å². The third kappa shape index (κ3) is 10.5. The number of rotatable bonds is 21. The molecular weight excluding hydrogens is 579 g/mol. The number of nitrogens with zero attached hydrogens (tertiary/aromatic N) is 1. The molecule has 7 nitrogen and oxygen atoms in total. The van der Waals surface area contributed by atoms with E-state index < -0.39 is 31.2 Å². The summed E-state index contributed by atoms with van der Waals surface area (Å²) >= 11 is 0. The lowest BCUT2D eigenvalue weighted by atomic mass is 10.1. The zero-order valence-corrected chi connectivity index (χ0v) is 33.4. The third-order valence-electron chi connectivity index (χ3n) is 9.44. The smallest absolute Gasteiger partial charge is 0.334 e. The van der Waals surface area contributed by atoms with Gasteiger partial charge in [-0.05, 0) is 79.2 Å². The van der Waals surface area contributed by atoms with Gasteiger partial charge in [0.25, 0.3) is 22.6 Å². The molecule has 0 amide bonds. The molecule has 0 aromatic heterocycles. The first-order valence-electron chi connectivity index (χ1n) is 16.8. The quantitative estimate of drug-likeness (QED) is 0.115. The molecule has 0 fully saturated rings. The van der Waals surface area contributed by atoms with Crippen molar-refractivity contribution in [2.45, 2.75) is 169 Å². The first-order chi connectivity index (χ1) is 19.3. The maximum atomic E-state index is 14.3. The van der Waals surface area contributed by atoms with E-state index in [1.54, 1.807) is 0 Å². The zero-order chi connectivity index (χ0) is 33.1. The molecular formula is C32H69NO6Si3. The molecule has 42 heavy (non-hydrogen) atoms. The van der Waals surface area contributed by atoms with Gasteiger partial charge in [-0.3, -0.25) is 14.5 Å². The summed E-state index contributed by atoms with van der Waals surface area (Å²) < 4.78 is 25.4. The summed E-state index contributed by atoms with van der Waals surface area (Å²) in [5.74, 6) is -0.538. The second-order valence-corrected chi connectivity index (χ2v) is 28.1. The second kappa shape index (κ2) is 18.4. The Morgan fingerprint density at radius 1 is 0.643 bits per heavy atom. The van der Waals surface area contributed by atoms with E-state index in [0.717, 1.165) is 12.5 Å². The van der Waals surface area contributed by atoms with Crippen LogP contribution in [-0.4, -0.2) is 74.4 Å². The van der Waals surface area contributed by atoms with Gasteiger partial charge in [0.15, 0.2) is 0 Å². The minimum Gasteiger partial charge on any atom is -0.518 e. The summed E-state index contributed by atoms with van der Waals surface area (Å²) in [4.78, 5) is 30.2. The lowest BCUT2D eigenvalue weighted by Crippen LogP contribution is -2.55. The summed E-state index contributed by atoms with van der Waals surface area (Å²) in [7, 11) is -7.24. The Morgan fingerprint density at radius 3 is 1.36 bits per heavy atom. The lowest BCUT2D eigenvalue weighted by molar-refractivity contribution is -0.148. The molecule has 0 N–H and O–H groups in total. The van der Waals surface area contributed by atoms with Crippen molar-refractivity contribution < 1.29 is 27.3 Å². The molecule has 0 aliphatic heterocycles. The van der Waals surface area contributed by atoms with Crippen molar-refractivity contribution in [2.75, 3.05) is 26.3 Å². The summed E-state index contributed by atoms with van der Waals surface area (Å²) in [6, 6.07) is 0.139. The predicted molar refractivity (Wildman–Crippen MR) is 184 cm³/mol. The van der Waals surface area contributed by atoms with Crippen LogP contribution >= 0.6 is 0 Å². The van der Waals surface area contributed by atoms with E-state index in [9.17, 15) is 9.59 Å². The highest BCUT2D eigenvalue weighted by molar-refractivity contribution is 6.79. The van der Waals surface area contributed by atoms with Crippen LogP contribution in [-0.2, 0) is 27.3 Å². The second-order valence-electron chi connectivity index (χ2n) is 14.0. The normalized spacial score (nSPS) is 14.3. The molecule has 1 unspecified atom stereocenters. The van der Waals surface area contributed by atoms with Gasteiger partial charge in [-0.2, -0.15) is 0 Å². The number of carbonyl (C=O) groups excluding carboxylic acids is 2. The first-order valence-corrected chi connectivity index (χ1v) is 23.6. The molecule has 0 aromatic rings. The number of likely N-dealkylation sites (N-methyl/N-ethyl adjacent to an activating group) is 1. The van der Waals surface area contributed by atoms with E-state index in [2.05, 4.69) is 101 Å². The number of hydrogen-bond donors (Lipinski definition) is 0. The van der Waals surface area contributed by atoms with Gasteiger partial charge in [0, 0.05) is 13.2 Å². The molecule has 0 bridgehead atoms. The predicted octanol–water partition coefficient (Wildman–Crippen LogP) is 9.04. The minimum absolute atomic E-state index is 0.0119. The topological polar surface area (TPSA) is 74.3 Å². The highest BCUT2D eigenvalue weighted by Crippen LogP contribution is 2.44. The van der Waals surface area contributed by atoms with Gasteiger partial charge in [0.1, 0.15) is 6.04 Å². The van der Waals surface area contributed by atoms with Crippen molar-refractivity contribution in [3.63, 3.8) is 0 Å². The largest absolute Gasteiger partial charge is 0.518 e. The van der Waals surface area contributed by atoms with E-state index >= 15 is 0 Å². The van der Waals surface area contributed by atoms with E-state index in [0.29, 0.717) is 26.3 Å². The molecule has 0 spiro atoms. The van der Waals surface area contributed by atoms with Crippen LogP contribution in [0.3, 0.4) is 0 Å². The fourth-order valence-electron chi connectivity index (χ4n) is 7.64. The maximum Gasteiger partial charge on any atom is 0.334 e. The Morgan fingerprint density at radius 2 is 1.02 bits per heavy atom. The highest BCUT2D eigenvalue weighted by atomic mass is 28.4.